The van der Waals surface area contributed by atoms with Gasteiger partial charge >= 0.3 is 6.03 Å². The maximum Gasteiger partial charge on any atom is 0.320 e. The maximum absolute atomic E-state index is 12.4. The van der Waals surface area contributed by atoms with Gasteiger partial charge in [0.25, 0.3) is 0 Å². The molecule has 7 nitrogen and oxygen atoms in total. The molecule has 0 unspecified atom stereocenters. The number of amides is 2. The molecule has 0 radical (unpaired) electrons. The third-order valence-corrected chi connectivity index (χ3v) is 5.22. The van der Waals surface area contributed by atoms with Crippen LogP contribution in [0.2, 0.25) is 5.02 Å². The first-order chi connectivity index (χ1) is 12.6. The van der Waals surface area contributed by atoms with Crippen LogP contribution in [0.15, 0.2) is 36.0 Å². The minimum Gasteiger partial charge on any atom is -0.492 e. The Morgan fingerprint density at radius 3 is 3.15 bits per heavy atom. The van der Waals surface area contributed by atoms with E-state index in [4.69, 9.17) is 16.3 Å². The highest BCUT2D eigenvalue weighted by molar-refractivity contribution is 7.13. The van der Waals surface area contributed by atoms with Gasteiger partial charge in [0.15, 0.2) is 0 Å². The van der Waals surface area contributed by atoms with Gasteiger partial charge in [-0.05, 0) is 6.07 Å². The molecule has 134 valence electrons. The number of thiazole rings is 1. The van der Waals surface area contributed by atoms with Crippen LogP contribution in [0.25, 0.3) is 10.6 Å². The van der Waals surface area contributed by atoms with E-state index in [1.54, 1.807) is 22.3 Å². The molecule has 1 atom stereocenters. The van der Waals surface area contributed by atoms with Gasteiger partial charge < -0.3 is 10.1 Å². The van der Waals surface area contributed by atoms with Gasteiger partial charge in [0.2, 0.25) is 0 Å². The number of nitrogens with one attached hydrogen (secondary N) is 2. The van der Waals surface area contributed by atoms with Crippen LogP contribution < -0.4 is 15.4 Å². The predicted molar refractivity (Wildman–Crippen MR) is 101 cm³/mol. The minimum atomic E-state index is -0.314. The number of benzene rings is 1. The zero-order valence-electron chi connectivity index (χ0n) is 13.9. The van der Waals surface area contributed by atoms with E-state index >= 15 is 0 Å². The Morgan fingerprint density at radius 1 is 1.46 bits per heavy atom. The second kappa shape index (κ2) is 6.97. The van der Waals surface area contributed by atoms with Crippen molar-refractivity contribution in [3.63, 3.8) is 0 Å². The minimum absolute atomic E-state index is 0.158. The van der Waals surface area contributed by atoms with Crippen molar-refractivity contribution < 1.29 is 9.53 Å². The Kier molecular flexibility index (Phi) is 4.52. The van der Waals surface area contributed by atoms with E-state index in [1.165, 1.54) is 11.3 Å². The van der Waals surface area contributed by atoms with Crippen molar-refractivity contribution in [1.29, 1.82) is 0 Å². The molecule has 1 aliphatic rings. The first-order valence-electron chi connectivity index (χ1n) is 8.03. The zero-order valence-corrected chi connectivity index (χ0v) is 15.5. The number of halogens is 1. The van der Waals surface area contributed by atoms with Crippen molar-refractivity contribution in [3.8, 4) is 16.3 Å². The average Bonchev–Trinajstić information content (AvgIpc) is 3.25. The van der Waals surface area contributed by atoms with E-state index in [9.17, 15) is 4.79 Å². The number of anilines is 1. The van der Waals surface area contributed by atoms with Gasteiger partial charge in [-0.15, -0.1) is 11.3 Å². The number of hydrogen-bond donors (Lipinski definition) is 2. The number of aryl methyl sites for hydroxylation is 1. The molecule has 0 fully saturated rings. The van der Waals surface area contributed by atoms with Crippen molar-refractivity contribution >= 4 is 34.8 Å². The second-order valence-electron chi connectivity index (χ2n) is 5.89. The molecule has 26 heavy (non-hydrogen) atoms. The van der Waals surface area contributed by atoms with E-state index in [0.717, 1.165) is 16.1 Å². The standard InChI is InChI=1S/C17H16ClN5O2S/c1-23-8-10(7-19-23)16-21-14(9-26-16)22-17(24)20-13-5-6-25-15-11(13)3-2-4-12(15)18/h2-4,7-9,13H,5-6H2,1H3,(H2,20,22,24)/t13-/m0/s1. The van der Waals surface area contributed by atoms with E-state index < -0.39 is 0 Å². The number of carbonyl (C=O) groups is 1. The van der Waals surface area contributed by atoms with Crippen molar-refractivity contribution in [3.05, 3.63) is 46.6 Å². The van der Waals surface area contributed by atoms with Gasteiger partial charge in [-0.3, -0.25) is 10.00 Å². The van der Waals surface area contributed by atoms with Crippen LogP contribution in [0.1, 0.15) is 18.0 Å². The molecule has 4 rings (SSSR count). The Labute approximate surface area is 159 Å². The molecule has 0 spiro atoms. The normalized spacial score (nSPS) is 15.8. The van der Waals surface area contributed by atoms with Gasteiger partial charge in [-0.1, -0.05) is 23.7 Å². The van der Waals surface area contributed by atoms with Gasteiger partial charge in [-0.25, -0.2) is 9.78 Å². The highest BCUT2D eigenvalue weighted by atomic mass is 35.5. The molecule has 0 saturated heterocycles. The lowest BCUT2D eigenvalue weighted by Crippen LogP contribution is -2.35. The van der Waals surface area contributed by atoms with Crippen molar-refractivity contribution in [1.82, 2.24) is 20.1 Å². The van der Waals surface area contributed by atoms with Crippen molar-refractivity contribution in [2.45, 2.75) is 12.5 Å². The molecule has 2 N–H and O–H groups in total. The van der Waals surface area contributed by atoms with E-state index in [1.807, 2.05) is 25.4 Å². The lowest BCUT2D eigenvalue weighted by Gasteiger charge is -2.27. The van der Waals surface area contributed by atoms with Gasteiger partial charge in [0, 0.05) is 36.2 Å². The fraction of sp³-hybridized carbons (Fsp3) is 0.235. The van der Waals surface area contributed by atoms with E-state index in [2.05, 4.69) is 20.7 Å². The molecule has 3 heterocycles. The summed E-state index contributed by atoms with van der Waals surface area (Å²) in [6.07, 6.45) is 4.30. The lowest BCUT2D eigenvalue weighted by molar-refractivity contribution is 0.232. The average molecular weight is 390 g/mol. The molecule has 1 aromatic carbocycles. The van der Waals surface area contributed by atoms with Crippen LogP contribution in [-0.2, 0) is 7.05 Å². The molecule has 0 saturated carbocycles. The van der Waals surface area contributed by atoms with Crippen LogP contribution in [-0.4, -0.2) is 27.4 Å². The summed E-state index contributed by atoms with van der Waals surface area (Å²) in [6, 6.07) is 5.07. The van der Waals surface area contributed by atoms with Crippen LogP contribution in [0, 0.1) is 0 Å². The highest BCUT2D eigenvalue weighted by Crippen LogP contribution is 2.37. The number of para-hydroxylation sites is 1. The first kappa shape index (κ1) is 16.9. The van der Waals surface area contributed by atoms with Crippen LogP contribution >= 0.6 is 22.9 Å². The highest BCUT2D eigenvalue weighted by Gasteiger charge is 2.24. The van der Waals surface area contributed by atoms with Crippen molar-refractivity contribution in [2.24, 2.45) is 7.05 Å². The third kappa shape index (κ3) is 3.38. The summed E-state index contributed by atoms with van der Waals surface area (Å²) in [5, 5.41) is 13.0. The van der Waals surface area contributed by atoms with E-state index in [0.29, 0.717) is 29.6 Å². The first-order valence-corrected chi connectivity index (χ1v) is 9.29. The number of carbonyl (C=O) groups excluding carboxylic acids is 1. The Hall–Kier alpha value is -2.58. The number of fused-ring (bicyclic) bond motifs is 1. The summed E-state index contributed by atoms with van der Waals surface area (Å²) in [5.41, 5.74) is 1.80. The van der Waals surface area contributed by atoms with Gasteiger partial charge in [-0.2, -0.15) is 5.10 Å². The number of ether oxygens (including phenoxy) is 1. The second-order valence-corrected chi connectivity index (χ2v) is 7.15. The molecule has 3 aromatic rings. The summed E-state index contributed by atoms with van der Waals surface area (Å²) < 4.78 is 7.33. The molecule has 2 amide bonds. The molecule has 1 aliphatic heterocycles. The summed E-state index contributed by atoms with van der Waals surface area (Å²) in [5.74, 6) is 1.14. The molecule has 9 heteroatoms. The number of nitrogens with zero attached hydrogens (tertiary/aromatic N) is 3. The number of aromatic nitrogens is 3. The number of urea groups is 1. The summed E-state index contributed by atoms with van der Waals surface area (Å²) >= 11 is 7.62. The quantitative estimate of drug-likeness (QED) is 0.713. The predicted octanol–water partition coefficient (Wildman–Crippen LogP) is 3.84. The summed E-state index contributed by atoms with van der Waals surface area (Å²) in [4.78, 5) is 16.8. The Bertz CT molecular complexity index is 954. The lowest BCUT2D eigenvalue weighted by atomic mass is 10.0. The van der Waals surface area contributed by atoms with Gasteiger partial charge in [0.05, 0.1) is 23.9 Å². The fourth-order valence-electron chi connectivity index (χ4n) is 2.84. The summed E-state index contributed by atoms with van der Waals surface area (Å²) in [7, 11) is 1.85. The summed E-state index contributed by atoms with van der Waals surface area (Å²) in [6.45, 7) is 0.504. The van der Waals surface area contributed by atoms with Gasteiger partial charge in [0.1, 0.15) is 16.6 Å². The Balaban J connectivity index is 1.44. The number of hydrogen-bond acceptors (Lipinski definition) is 5. The number of rotatable bonds is 3. The molecular formula is C17H16ClN5O2S. The van der Waals surface area contributed by atoms with Crippen molar-refractivity contribution in [2.75, 3.05) is 11.9 Å². The van der Waals surface area contributed by atoms with Crippen LogP contribution in [0.4, 0.5) is 10.6 Å². The zero-order chi connectivity index (χ0) is 18.1. The molecule has 0 aliphatic carbocycles. The molecular weight excluding hydrogens is 374 g/mol. The fourth-order valence-corrected chi connectivity index (χ4v) is 3.81. The SMILES string of the molecule is Cn1cc(-c2nc(NC(=O)N[C@H]3CCOc4c(Cl)cccc43)cs2)cn1. The van der Waals surface area contributed by atoms with E-state index in [-0.39, 0.29) is 12.1 Å². The van der Waals surface area contributed by atoms with Crippen LogP contribution in [0.5, 0.6) is 5.75 Å². The monoisotopic (exact) mass is 389 g/mol. The topological polar surface area (TPSA) is 81.1 Å². The van der Waals surface area contributed by atoms with Crippen LogP contribution in [0.3, 0.4) is 0 Å². The smallest absolute Gasteiger partial charge is 0.320 e. The largest absolute Gasteiger partial charge is 0.492 e. The maximum atomic E-state index is 12.4. The molecule has 0 bridgehead atoms. The molecule has 2 aromatic heterocycles. The third-order valence-electron chi connectivity index (χ3n) is 4.03. The Morgan fingerprint density at radius 2 is 2.35 bits per heavy atom.